The maximum atomic E-state index is 12.6. The lowest BCUT2D eigenvalue weighted by molar-refractivity contribution is 0.0477. The number of esters is 2. The highest BCUT2D eigenvalue weighted by Crippen LogP contribution is 2.42. The van der Waals surface area contributed by atoms with Gasteiger partial charge in [0.05, 0.1) is 18.4 Å². The fraction of sp³-hybridized carbons (Fsp3) is 0.227. The summed E-state index contributed by atoms with van der Waals surface area (Å²) in [5.74, 6) is -0.742. The van der Waals surface area contributed by atoms with Crippen LogP contribution in [0.4, 0.5) is 0 Å². The first kappa shape index (κ1) is 19.9. The van der Waals surface area contributed by atoms with Crippen molar-refractivity contribution in [2.75, 3.05) is 13.7 Å². The van der Waals surface area contributed by atoms with Gasteiger partial charge < -0.3 is 19.2 Å². The molecular weight excluding hydrogens is 406 g/mol. The Kier molecular flexibility index (Phi) is 5.17. The molecule has 0 radical (unpaired) electrons. The van der Waals surface area contributed by atoms with Gasteiger partial charge >= 0.3 is 11.9 Å². The van der Waals surface area contributed by atoms with Crippen LogP contribution in [0.25, 0.3) is 10.4 Å². The van der Waals surface area contributed by atoms with Crippen LogP contribution in [0.5, 0.6) is 5.75 Å². The van der Waals surface area contributed by atoms with Gasteiger partial charge in [-0.25, -0.2) is 9.59 Å². The number of thiophene rings is 1. The molecule has 154 valence electrons. The number of aromatic amines is 1. The van der Waals surface area contributed by atoms with Crippen molar-refractivity contribution in [2.45, 2.75) is 20.5 Å². The van der Waals surface area contributed by atoms with Crippen LogP contribution >= 0.6 is 11.3 Å². The molecule has 1 aliphatic rings. The van der Waals surface area contributed by atoms with Crippen LogP contribution in [0, 0.1) is 13.8 Å². The molecule has 30 heavy (non-hydrogen) atoms. The second-order valence-electron chi connectivity index (χ2n) is 6.87. The van der Waals surface area contributed by atoms with Crippen LogP contribution in [0.3, 0.4) is 0 Å². The molecule has 1 N–H and O–H groups in total. The summed E-state index contributed by atoms with van der Waals surface area (Å²) in [6.07, 6.45) is 0. The van der Waals surface area contributed by atoms with Gasteiger partial charge in [0.25, 0.3) is 0 Å². The van der Waals surface area contributed by atoms with Gasteiger partial charge in [0, 0.05) is 21.7 Å². The van der Waals surface area contributed by atoms with E-state index in [0.29, 0.717) is 28.3 Å². The van der Waals surface area contributed by atoms with E-state index in [9.17, 15) is 14.4 Å². The first-order chi connectivity index (χ1) is 14.4. The number of ether oxygens (including phenoxy) is 3. The van der Waals surface area contributed by atoms with Crippen molar-refractivity contribution in [3.05, 3.63) is 63.3 Å². The summed E-state index contributed by atoms with van der Waals surface area (Å²) in [4.78, 5) is 41.2. The van der Waals surface area contributed by atoms with Crippen molar-refractivity contribution in [2.24, 2.45) is 0 Å². The maximum absolute atomic E-state index is 12.6. The molecule has 1 aliphatic heterocycles. The Morgan fingerprint density at radius 3 is 2.70 bits per heavy atom. The van der Waals surface area contributed by atoms with Crippen LogP contribution in [0.1, 0.15) is 47.3 Å². The largest absolute Gasteiger partial charge is 0.488 e. The standard InChI is InChI=1S/C22H19NO6S/c1-11-18(22(26)27-3)12(2)23-19(11)15(24)10-29-21(25)17-8-13-9-28-16-7-5-4-6-14(16)20(13)30-17/h4-8,23H,9-10H2,1-3H3. The number of para-hydroxylation sites is 1. The number of hydrogen-bond acceptors (Lipinski definition) is 7. The number of nitrogens with one attached hydrogen (secondary N) is 1. The van der Waals surface area contributed by atoms with E-state index in [1.54, 1.807) is 19.9 Å². The second-order valence-corrected chi connectivity index (χ2v) is 7.92. The average Bonchev–Trinajstić information content (AvgIpc) is 3.32. The predicted molar refractivity (Wildman–Crippen MR) is 110 cm³/mol. The van der Waals surface area contributed by atoms with Crippen molar-refractivity contribution >= 4 is 29.1 Å². The molecule has 7 nitrogen and oxygen atoms in total. The van der Waals surface area contributed by atoms with Gasteiger partial charge in [0.15, 0.2) is 6.61 Å². The number of ketones is 1. The minimum atomic E-state index is -0.575. The number of methoxy groups -OCH3 is 1. The smallest absolute Gasteiger partial charge is 0.348 e. The summed E-state index contributed by atoms with van der Waals surface area (Å²) in [5.41, 5.74) is 3.40. The number of rotatable bonds is 5. The molecule has 0 saturated carbocycles. The van der Waals surface area contributed by atoms with Crippen molar-refractivity contribution < 1.29 is 28.6 Å². The first-order valence-corrected chi connectivity index (χ1v) is 10.0. The molecule has 1 aromatic carbocycles. The zero-order chi connectivity index (χ0) is 21.4. The number of aryl methyl sites for hydroxylation is 1. The summed E-state index contributed by atoms with van der Waals surface area (Å²) in [6.45, 7) is 3.27. The van der Waals surface area contributed by atoms with Crippen LogP contribution < -0.4 is 4.74 Å². The zero-order valence-electron chi connectivity index (χ0n) is 16.7. The summed E-state index contributed by atoms with van der Waals surface area (Å²) in [6, 6.07) is 9.38. The van der Waals surface area contributed by atoms with Gasteiger partial charge in [-0.15, -0.1) is 11.3 Å². The molecule has 0 aliphatic carbocycles. The minimum Gasteiger partial charge on any atom is -0.488 e. The van der Waals surface area contributed by atoms with E-state index in [2.05, 4.69) is 4.98 Å². The normalized spacial score (nSPS) is 11.8. The number of fused-ring (bicyclic) bond motifs is 3. The number of benzene rings is 1. The lowest BCUT2D eigenvalue weighted by atomic mass is 10.1. The van der Waals surface area contributed by atoms with Gasteiger partial charge in [0.2, 0.25) is 5.78 Å². The van der Waals surface area contributed by atoms with Crippen LogP contribution in [-0.4, -0.2) is 36.4 Å². The van der Waals surface area contributed by atoms with E-state index in [0.717, 1.165) is 21.8 Å². The highest BCUT2D eigenvalue weighted by atomic mass is 32.1. The number of carbonyl (C=O) groups is 3. The highest BCUT2D eigenvalue weighted by molar-refractivity contribution is 7.17. The second kappa shape index (κ2) is 7.79. The number of Topliss-reactive ketones (excluding diaryl/α,β-unsaturated/α-hetero) is 1. The lowest BCUT2D eigenvalue weighted by Gasteiger charge is -2.16. The average molecular weight is 425 g/mol. The molecule has 3 heterocycles. The third kappa shape index (κ3) is 3.39. The van der Waals surface area contributed by atoms with Gasteiger partial charge in [-0.1, -0.05) is 12.1 Å². The lowest BCUT2D eigenvalue weighted by Crippen LogP contribution is -2.15. The van der Waals surface area contributed by atoms with Gasteiger partial charge in [-0.05, 0) is 37.6 Å². The fourth-order valence-corrected chi connectivity index (χ4v) is 4.60. The molecule has 4 rings (SSSR count). The summed E-state index contributed by atoms with van der Waals surface area (Å²) in [7, 11) is 1.28. The Morgan fingerprint density at radius 2 is 1.93 bits per heavy atom. The topological polar surface area (TPSA) is 94.7 Å². The summed E-state index contributed by atoms with van der Waals surface area (Å²) >= 11 is 1.32. The number of aromatic nitrogens is 1. The molecule has 0 fully saturated rings. The third-order valence-electron chi connectivity index (χ3n) is 4.97. The van der Waals surface area contributed by atoms with Gasteiger partial charge in [-0.2, -0.15) is 0 Å². The Bertz CT molecular complexity index is 1170. The molecule has 3 aromatic rings. The molecule has 0 amide bonds. The van der Waals surface area contributed by atoms with E-state index in [-0.39, 0.29) is 5.69 Å². The predicted octanol–water partition coefficient (Wildman–Crippen LogP) is 4.08. The van der Waals surface area contributed by atoms with E-state index in [1.165, 1.54) is 18.4 Å². The molecule has 0 atom stereocenters. The van der Waals surface area contributed by atoms with Crippen LogP contribution in [0.15, 0.2) is 30.3 Å². The van der Waals surface area contributed by atoms with Crippen molar-refractivity contribution in [1.82, 2.24) is 4.98 Å². The molecule has 0 spiro atoms. The van der Waals surface area contributed by atoms with E-state index >= 15 is 0 Å². The van der Waals surface area contributed by atoms with E-state index < -0.39 is 24.3 Å². The zero-order valence-corrected chi connectivity index (χ0v) is 17.5. The Balaban J connectivity index is 1.48. The van der Waals surface area contributed by atoms with Crippen molar-refractivity contribution in [3.63, 3.8) is 0 Å². The Hall–Kier alpha value is -3.39. The Labute approximate surface area is 176 Å². The molecule has 0 bridgehead atoms. The van der Waals surface area contributed by atoms with Crippen LogP contribution in [-0.2, 0) is 16.1 Å². The fourth-order valence-electron chi connectivity index (χ4n) is 3.51. The van der Waals surface area contributed by atoms with E-state index in [1.807, 2.05) is 24.3 Å². The third-order valence-corrected chi connectivity index (χ3v) is 6.16. The molecular formula is C22H19NO6S. The number of hydrogen-bond donors (Lipinski definition) is 1. The highest BCUT2D eigenvalue weighted by Gasteiger charge is 2.25. The quantitative estimate of drug-likeness (QED) is 0.489. The summed E-state index contributed by atoms with van der Waals surface area (Å²) < 4.78 is 15.7. The molecule has 0 saturated heterocycles. The summed E-state index contributed by atoms with van der Waals surface area (Å²) in [5, 5.41) is 0. The molecule has 8 heteroatoms. The first-order valence-electron chi connectivity index (χ1n) is 9.23. The van der Waals surface area contributed by atoms with Gasteiger partial charge in [0.1, 0.15) is 17.2 Å². The number of H-pyrrole nitrogens is 1. The molecule has 0 unspecified atom stereocenters. The van der Waals surface area contributed by atoms with E-state index in [4.69, 9.17) is 14.2 Å². The Morgan fingerprint density at radius 1 is 1.17 bits per heavy atom. The van der Waals surface area contributed by atoms with Gasteiger partial charge in [-0.3, -0.25) is 4.79 Å². The molecule has 2 aromatic heterocycles. The van der Waals surface area contributed by atoms with Crippen molar-refractivity contribution in [1.29, 1.82) is 0 Å². The maximum Gasteiger partial charge on any atom is 0.348 e. The SMILES string of the molecule is COC(=O)c1c(C)[nH]c(C(=O)COC(=O)c2cc3c(s2)-c2ccccc2OC3)c1C. The monoisotopic (exact) mass is 425 g/mol. The van der Waals surface area contributed by atoms with Crippen molar-refractivity contribution in [3.8, 4) is 16.2 Å². The van der Waals surface area contributed by atoms with Crippen LogP contribution in [0.2, 0.25) is 0 Å². The minimum absolute atomic E-state index is 0.230. The number of carbonyl (C=O) groups excluding carboxylic acids is 3.